The summed E-state index contributed by atoms with van der Waals surface area (Å²) in [7, 11) is 2.89. The van der Waals surface area contributed by atoms with Gasteiger partial charge >= 0.3 is 5.97 Å². The van der Waals surface area contributed by atoms with Gasteiger partial charge in [-0.1, -0.05) is 6.58 Å². The van der Waals surface area contributed by atoms with Gasteiger partial charge in [-0.05, 0) is 29.8 Å². The molecular weight excluding hydrogens is 180 g/mol. The summed E-state index contributed by atoms with van der Waals surface area (Å²) in [6.07, 6.45) is 2.65. The summed E-state index contributed by atoms with van der Waals surface area (Å²) in [5.74, 6) is 0.252. The Balaban J connectivity index is 3.17. The van der Waals surface area contributed by atoms with Crippen molar-refractivity contribution in [3.8, 4) is 5.75 Å². The molecule has 3 nitrogen and oxygen atoms in total. The minimum Gasteiger partial charge on any atom is -0.497 e. The maximum absolute atomic E-state index is 11.3. The largest absolute Gasteiger partial charge is 0.497 e. The summed E-state index contributed by atoms with van der Waals surface area (Å²) in [6, 6.07) is 4.99. The van der Waals surface area contributed by atoms with Crippen molar-refractivity contribution < 1.29 is 14.3 Å². The summed E-state index contributed by atoms with van der Waals surface area (Å²) in [6.45, 7) is 3.50. The van der Waals surface area contributed by atoms with Crippen molar-refractivity contribution in [2.45, 2.75) is 0 Å². The third-order valence-corrected chi connectivity index (χ3v) is 1.82. The lowest BCUT2D eigenvalue weighted by atomic mass is 10.1. The van der Waals surface area contributed by atoms with Gasteiger partial charge in [0.25, 0.3) is 0 Å². The highest BCUT2D eigenvalue weighted by atomic mass is 16.5. The summed E-state index contributed by atoms with van der Waals surface area (Å²) >= 11 is 0. The lowest BCUT2D eigenvalue weighted by Crippen LogP contribution is -2.04. The number of carbonyl (C=O) groups excluding carboxylic acids is 1. The Kier molecular flexibility index (Phi) is 3.29. The molecule has 1 aromatic rings. The Hall–Kier alpha value is -1.77. The van der Waals surface area contributed by atoms with Crippen LogP contribution < -0.4 is 4.74 Å². The molecule has 0 aromatic heterocycles. The average molecular weight is 191 g/mol. The molecule has 0 unspecified atom stereocenters. The van der Waals surface area contributed by atoms with Crippen molar-refractivity contribution in [3.05, 3.63) is 42.0 Å². The SMILES string of the molecule is C=[C]c1cc(OC)ccc1C(=O)OC. The van der Waals surface area contributed by atoms with Crippen LogP contribution in [0.2, 0.25) is 0 Å². The molecule has 1 rings (SSSR count). The second-order valence-electron chi connectivity index (χ2n) is 2.58. The van der Waals surface area contributed by atoms with E-state index in [4.69, 9.17) is 4.74 Å². The van der Waals surface area contributed by atoms with E-state index >= 15 is 0 Å². The van der Waals surface area contributed by atoms with Gasteiger partial charge in [-0.15, -0.1) is 0 Å². The first-order valence-electron chi connectivity index (χ1n) is 4.02. The van der Waals surface area contributed by atoms with Crippen molar-refractivity contribution in [1.82, 2.24) is 0 Å². The minimum absolute atomic E-state index is 0.404. The van der Waals surface area contributed by atoms with Crippen molar-refractivity contribution >= 4 is 5.97 Å². The van der Waals surface area contributed by atoms with Gasteiger partial charge in [0.1, 0.15) is 5.75 Å². The Morgan fingerprint density at radius 2 is 2.14 bits per heavy atom. The Bertz CT molecular complexity index is 356. The van der Waals surface area contributed by atoms with E-state index < -0.39 is 5.97 Å². The van der Waals surface area contributed by atoms with Crippen LogP contribution in [0, 0.1) is 6.08 Å². The van der Waals surface area contributed by atoms with Crippen molar-refractivity contribution in [3.63, 3.8) is 0 Å². The van der Waals surface area contributed by atoms with Gasteiger partial charge in [0.2, 0.25) is 0 Å². The molecule has 0 saturated carbocycles. The van der Waals surface area contributed by atoms with Crippen molar-refractivity contribution in [2.75, 3.05) is 14.2 Å². The summed E-state index contributed by atoms with van der Waals surface area (Å²) in [5, 5.41) is 0. The summed E-state index contributed by atoms with van der Waals surface area (Å²) < 4.78 is 9.61. The van der Waals surface area contributed by atoms with Gasteiger partial charge < -0.3 is 9.47 Å². The number of carbonyl (C=O) groups is 1. The van der Waals surface area contributed by atoms with Gasteiger partial charge in [0, 0.05) is 0 Å². The molecule has 73 valence electrons. The molecule has 0 saturated heterocycles. The molecular formula is C11H11O3. The molecule has 0 fully saturated rings. The fraction of sp³-hybridized carbons (Fsp3) is 0.182. The maximum Gasteiger partial charge on any atom is 0.338 e. The van der Waals surface area contributed by atoms with E-state index in [1.807, 2.05) is 0 Å². The molecule has 0 heterocycles. The second kappa shape index (κ2) is 4.46. The zero-order valence-corrected chi connectivity index (χ0v) is 8.16. The summed E-state index contributed by atoms with van der Waals surface area (Å²) in [4.78, 5) is 11.3. The van der Waals surface area contributed by atoms with E-state index in [0.717, 1.165) is 0 Å². The maximum atomic E-state index is 11.3. The number of hydrogen-bond acceptors (Lipinski definition) is 3. The molecule has 0 aliphatic carbocycles. The van der Waals surface area contributed by atoms with Crippen LogP contribution >= 0.6 is 0 Å². The highest BCUT2D eigenvalue weighted by molar-refractivity contribution is 5.91. The van der Waals surface area contributed by atoms with Crippen LogP contribution in [-0.2, 0) is 4.74 Å². The van der Waals surface area contributed by atoms with Gasteiger partial charge in [0.15, 0.2) is 0 Å². The number of ether oxygens (including phenoxy) is 2. The number of rotatable bonds is 3. The zero-order valence-electron chi connectivity index (χ0n) is 8.16. The van der Waals surface area contributed by atoms with Crippen LogP contribution in [-0.4, -0.2) is 20.2 Å². The smallest absolute Gasteiger partial charge is 0.338 e. The predicted molar refractivity (Wildman–Crippen MR) is 52.3 cm³/mol. The highest BCUT2D eigenvalue weighted by Crippen LogP contribution is 2.18. The van der Waals surface area contributed by atoms with Gasteiger partial charge in [0.05, 0.1) is 19.8 Å². The quantitative estimate of drug-likeness (QED) is 0.683. The molecule has 0 atom stereocenters. The molecule has 0 bridgehead atoms. The third-order valence-electron chi connectivity index (χ3n) is 1.82. The van der Waals surface area contributed by atoms with E-state index in [0.29, 0.717) is 16.9 Å². The van der Waals surface area contributed by atoms with Gasteiger partial charge in [-0.25, -0.2) is 4.79 Å². The molecule has 0 amide bonds. The van der Waals surface area contributed by atoms with Crippen LogP contribution in [0.1, 0.15) is 15.9 Å². The lowest BCUT2D eigenvalue weighted by molar-refractivity contribution is 0.0600. The molecule has 0 aliphatic heterocycles. The topological polar surface area (TPSA) is 35.5 Å². The van der Waals surface area contributed by atoms with Crippen molar-refractivity contribution in [2.24, 2.45) is 0 Å². The molecule has 14 heavy (non-hydrogen) atoms. The highest BCUT2D eigenvalue weighted by Gasteiger charge is 2.10. The van der Waals surface area contributed by atoms with E-state index in [9.17, 15) is 4.79 Å². The lowest BCUT2D eigenvalue weighted by Gasteiger charge is -2.05. The van der Waals surface area contributed by atoms with Crippen LogP contribution in [0.5, 0.6) is 5.75 Å². The molecule has 0 N–H and O–H groups in total. The van der Waals surface area contributed by atoms with E-state index in [2.05, 4.69) is 17.4 Å². The number of benzene rings is 1. The molecule has 1 radical (unpaired) electrons. The van der Waals surface area contributed by atoms with E-state index in [-0.39, 0.29) is 0 Å². The fourth-order valence-corrected chi connectivity index (χ4v) is 1.08. The van der Waals surface area contributed by atoms with Gasteiger partial charge in [-0.3, -0.25) is 0 Å². The Morgan fingerprint density at radius 1 is 1.43 bits per heavy atom. The van der Waals surface area contributed by atoms with Crippen LogP contribution in [0.15, 0.2) is 24.8 Å². The first-order valence-corrected chi connectivity index (χ1v) is 4.02. The first kappa shape index (κ1) is 10.3. The molecule has 0 spiro atoms. The molecule has 1 aromatic carbocycles. The predicted octanol–water partition coefficient (Wildman–Crippen LogP) is 1.82. The number of methoxy groups -OCH3 is 2. The standard InChI is InChI=1S/C11H11O3/c1-4-8-7-9(13-2)5-6-10(8)11(12)14-3/h5-7H,1H2,2-3H3. The monoisotopic (exact) mass is 191 g/mol. The molecule has 3 heteroatoms. The van der Waals surface area contributed by atoms with Gasteiger partial charge in [-0.2, -0.15) is 0 Å². The number of hydrogen-bond donors (Lipinski definition) is 0. The normalized spacial score (nSPS) is 9.29. The van der Waals surface area contributed by atoms with Crippen molar-refractivity contribution in [1.29, 1.82) is 0 Å². The van der Waals surface area contributed by atoms with E-state index in [1.54, 1.807) is 25.3 Å². The van der Waals surface area contributed by atoms with Crippen LogP contribution in [0.3, 0.4) is 0 Å². The number of esters is 1. The van der Waals surface area contributed by atoms with E-state index in [1.165, 1.54) is 7.11 Å². The average Bonchev–Trinajstić information content (AvgIpc) is 2.27. The van der Waals surface area contributed by atoms with Crippen LogP contribution in [0.4, 0.5) is 0 Å². The Labute approximate surface area is 83.0 Å². The first-order chi connectivity index (χ1) is 6.72. The Morgan fingerprint density at radius 3 is 2.64 bits per heavy atom. The minimum atomic E-state index is -0.404. The second-order valence-corrected chi connectivity index (χ2v) is 2.58. The zero-order chi connectivity index (χ0) is 10.6. The van der Waals surface area contributed by atoms with Crippen LogP contribution in [0.25, 0.3) is 0 Å². The molecule has 0 aliphatic rings. The summed E-state index contributed by atoms with van der Waals surface area (Å²) in [5.41, 5.74) is 1.01. The fourth-order valence-electron chi connectivity index (χ4n) is 1.08. The third kappa shape index (κ3) is 1.93.